The third-order valence-electron chi connectivity index (χ3n) is 5.18. The summed E-state index contributed by atoms with van der Waals surface area (Å²) in [6, 6.07) is 10.9. The van der Waals surface area contributed by atoms with Gasteiger partial charge in [0.1, 0.15) is 17.8 Å². The number of likely N-dealkylation sites (tertiary alicyclic amines) is 1. The van der Waals surface area contributed by atoms with E-state index in [0.29, 0.717) is 12.5 Å². The molecule has 1 aliphatic heterocycles. The zero-order valence-electron chi connectivity index (χ0n) is 14.4. The van der Waals surface area contributed by atoms with E-state index in [1.54, 1.807) is 6.33 Å². The number of hydrogen-bond donors (Lipinski definition) is 1. The lowest BCUT2D eigenvalue weighted by Gasteiger charge is -2.38. The van der Waals surface area contributed by atoms with E-state index in [0.717, 1.165) is 60.2 Å². The standard InChI is InChI=1S/C19H22N6/c1-24(14-6-4-10-25(12-14)11-5-9-20)19-17-15-7-2-3-8-16(15)23-18(17)21-13-22-19/h2-3,7-8,13-14H,4-6,10-12H2,1H3,(H,21,22,23). The van der Waals surface area contributed by atoms with Crippen molar-refractivity contribution >= 4 is 27.8 Å². The Bertz CT molecular complexity index is 924. The van der Waals surface area contributed by atoms with Crippen LogP contribution in [0.1, 0.15) is 19.3 Å². The number of anilines is 1. The van der Waals surface area contributed by atoms with Crippen molar-refractivity contribution in [2.45, 2.75) is 25.3 Å². The number of aromatic nitrogens is 3. The third-order valence-corrected chi connectivity index (χ3v) is 5.18. The van der Waals surface area contributed by atoms with Gasteiger partial charge in [0, 0.05) is 43.5 Å². The van der Waals surface area contributed by atoms with Crippen LogP contribution in [0.2, 0.25) is 0 Å². The second-order valence-corrected chi connectivity index (χ2v) is 6.71. The van der Waals surface area contributed by atoms with Gasteiger partial charge >= 0.3 is 0 Å². The van der Waals surface area contributed by atoms with Gasteiger partial charge in [0.25, 0.3) is 0 Å². The number of nitriles is 1. The lowest BCUT2D eigenvalue weighted by atomic mass is 10.0. The SMILES string of the molecule is CN(c1ncnc2[nH]c3ccccc3c12)C1CCCN(CCC#N)C1. The predicted molar refractivity (Wildman–Crippen MR) is 99.5 cm³/mol. The van der Waals surface area contributed by atoms with Gasteiger partial charge in [-0.05, 0) is 25.5 Å². The molecule has 1 aromatic carbocycles. The summed E-state index contributed by atoms with van der Waals surface area (Å²) in [5.41, 5.74) is 1.97. The van der Waals surface area contributed by atoms with Gasteiger partial charge in [-0.3, -0.25) is 0 Å². The zero-order valence-corrected chi connectivity index (χ0v) is 14.4. The first-order chi connectivity index (χ1) is 12.3. The summed E-state index contributed by atoms with van der Waals surface area (Å²) in [6.07, 6.45) is 4.53. The van der Waals surface area contributed by atoms with E-state index in [1.807, 2.05) is 6.07 Å². The molecule has 1 atom stereocenters. The normalized spacial score (nSPS) is 18.5. The number of para-hydroxylation sites is 1. The number of rotatable bonds is 4. The molecule has 6 heteroatoms. The number of aromatic amines is 1. The Morgan fingerprint density at radius 2 is 2.24 bits per heavy atom. The molecule has 2 aromatic heterocycles. The maximum Gasteiger partial charge on any atom is 0.143 e. The molecule has 1 saturated heterocycles. The van der Waals surface area contributed by atoms with Gasteiger partial charge in [0.15, 0.2) is 0 Å². The van der Waals surface area contributed by atoms with Crippen molar-refractivity contribution in [3.63, 3.8) is 0 Å². The van der Waals surface area contributed by atoms with Crippen molar-refractivity contribution in [1.82, 2.24) is 19.9 Å². The summed E-state index contributed by atoms with van der Waals surface area (Å²) in [5, 5.41) is 11.1. The number of nitrogens with zero attached hydrogens (tertiary/aromatic N) is 5. The summed E-state index contributed by atoms with van der Waals surface area (Å²) in [4.78, 5) is 17.1. The van der Waals surface area contributed by atoms with Crippen molar-refractivity contribution in [3.05, 3.63) is 30.6 Å². The largest absolute Gasteiger partial charge is 0.355 e. The van der Waals surface area contributed by atoms with E-state index in [9.17, 15) is 0 Å². The maximum absolute atomic E-state index is 8.84. The molecule has 0 aliphatic carbocycles. The number of likely N-dealkylation sites (N-methyl/N-ethyl adjacent to an activating group) is 1. The van der Waals surface area contributed by atoms with Crippen molar-refractivity contribution in [2.24, 2.45) is 0 Å². The van der Waals surface area contributed by atoms with Crippen molar-refractivity contribution in [1.29, 1.82) is 5.26 Å². The number of fused-ring (bicyclic) bond motifs is 3. The van der Waals surface area contributed by atoms with Gasteiger partial charge in [0.05, 0.1) is 11.5 Å². The summed E-state index contributed by atoms with van der Waals surface area (Å²) in [6.45, 7) is 2.91. The van der Waals surface area contributed by atoms with Crippen LogP contribution < -0.4 is 4.90 Å². The van der Waals surface area contributed by atoms with Crippen LogP contribution in [0.15, 0.2) is 30.6 Å². The Morgan fingerprint density at radius 1 is 1.36 bits per heavy atom. The van der Waals surface area contributed by atoms with Crippen LogP contribution in [0.3, 0.4) is 0 Å². The van der Waals surface area contributed by atoms with Crippen LogP contribution in [-0.2, 0) is 0 Å². The molecule has 1 unspecified atom stereocenters. The highest BCUT2D eigenvalue weighted by Gasteiger charge is 2.25. The van der Waals surface area contributed by atoms with Crippen LogP contribution in [0, 0.1) is 11.3 Å². The van der Waals surface area contributed by atoms with Crippen LogP contribution in [0.25, 0.3) is 21.9 Å². The number of hydrogen-bond acceptors (Lipinski definition) is 5. The highest BCUT2D eigenvalue weighted by molar-refractivity contribution is 6.11. The van der Waals surface area contributed by atoms with Crippen LogP contribution in [0.5, 0.6) is 0 Å². The number of H-pyrrole nitrogens is 1. The van der Waals surface area contributed by atoms with Crippen LogP contribution in [0.4, 0.5) is 5.82 Å². The van der Waals surface area contributed by atoms with Gasteiger partial charge in [-0.1, -0.05) is 18.2 Å². The Morgan fingerprint density at radius 3 is 3.12 bits per heavy atom. The smallest absolute Gasteiger partial charge is 0.143 e. The first-order valence-electron chi connectivity index (χ1n) is 8.81. The molecule has 3 aromatic rings. The molecule has 4 rings (SSSR count). The van der Waals surface area contributed by atoms with Gasteiger partial charge in [-0.15, -0.1) is 0 Å². The molecule has 0 amide bonds. The Hall–Kier alpha value is -2.65. The van der Waals surface area contributed by atoms with Crippen molar-refractivity contribution < 1.29 is 0 Å². The molecule has 0 spiro atoms. The lowest BCUT2D eigenvalue weighted by Crippen LogP contribution is -2.47. The molecule has 25 heavy (non-hydrogen) atoms. The number of piperidine rings is 1. The Kier molecular flexibility index (Phi) is 4.24. The monoisotopic (exact) mass is 334 g/mol. The first kappa shape index (κ1) is 15.9. The van der Waals surface area contributed by atoms with E-state index in [2.05, 4.69) is 56.1 Å². The highest BCUT2D eigenvalue weighted by Crippen LogP contribution is 2.32. The van der Waals surface area contributed by atoms with E-state index in [4.69, 9.17) is 5.26 Å². The topological polar surface area (TPSA) is 71.8 Å². The molecule has 1 fully saturated rings. The van der Waals surface area contributed by atoms with Gasteiger partial charge in [0.2, 0.25) is 0 Å². The third kappa shape index (κ3) is 2.92. The maximum atomic E-state index is 8.84. The van der Waals surface area contributed by atoms with E-state index < -0.39 is 0 Å². The van der Waals surface area contributed by atoms with Gasteiger partial charge in [-0.25, -0.2) is 9.97 Å². The fourth-order valence-electron chi connectivity index (χ4n) is 3.86. The number of benzene rings is 1. The highest BCUT2D eigenvalue weighted by atomic mass is 15.3. The lowest BCUT2D eigenvalue weighted by molar-refractivity contribution is 0.210. The first-order valence-corrected chi connectivity index (χ1v) is 8.81. The minimum atomic E-state index is 0.402. The number of nitrogens with one attached hydrogen (secondary N) is 1. The summed E-state index contributed by atoms with van der Waals surface area (Å²) >= 11 is 0. The van der Waals surface area contributed by atoms with Gasteiger partial charge in [-0.2, -0.15) is 5.26 Å². The van der Waals surface area contributed by atoms with Crippen LogP contribution in [-0.4, -0.2) is 52.6 Å². The second-order valence-electron chi connectivity index (χ2n) is 6.71. The molecule has 128 valence electrons. The Balaban J connectivity index is 1.68. The minimum absolute atomic E-state index is 0.402. The summed E-state index contributed by atoms with van der Waals surface area (Å²) in [7, 11) is 2.13. The van der Waals surface area contributed by atoms with E-state index in [1.165, 1.54) is 0 Å². The minimum Gasteiger partial charge on any atom is -0.355 e. The molecular formula is C19H22N6. The van der Waals surface area contributed by atoms with Crippen molar-refractivity contribution in [3.8, 4) is 6.07 Å². The van der Waals surface area contributed by atoms with Crippen LogP contribution >= 0.6 is 0 Å². The Labute approximate surface area is 147 Å². The molecule has 1 N–H and O–H groups in total. The molecule has 0 bridgehead atoms. The van der Waals surface area contributed by atoms with E-state index in [-0.39, 0.29) is 0 Å². The molecule has 3 heterocycles. The van der Waals surface area contributed by atoms with Crippen molar-refractivity contribution in [2.75, 3.05) is 31.6 Å². The fourth-order valence-corrected chi connectivity index (χ4v) is 3.86. The van der Waals surface area contributed by atoms with E-state index >= 15 is 0 Å². The molecule has 0 saturated carbocycles. The molecule has 1 aliphatic rings. The summed E-state index contributed by atoms with van der Waals surface area (Å²) < 4.78 is 0. The summed E-state index contributed by atoms with van der Waals surface area (Å²) in [5.74, 6) is 0.981. The average molecular weight is 334 g/mol. The van der Waals surface area contributed by atoms with Gasteiger partial charge < -0.3 is 14.8 Å². The molecule has 6 nitrogen and oxygen atoms in total. The molecular weight excluding hydrogens is 312 g/mol. The average Bonchev–Trinajstić information content (AvgIpc) is 3.04. The predicted octanol–water partition coefficient (Wildman–Crippen LogP) is 2.93. The zero-order chi connectivity index (χ0) is 17.2. The fraction of sp³-hybridized carbons (Fsp3) is 0.421. The molecule has 0 radical (unpaired) electrons. The quantitative estimate of drug-likeness (QED) is 0.794. The second kappa shape index (κ2) is 6.69.